The Balaban J connectivity index is 6.37. The van der Waals surface area contributed by atoms with Crippen LogP contribution in [0, 0.1) is 0 Å². The van der Waals surface area contributed by atoms with Gasteiger partial charge in [0.1, 0.15) is 23.9 Å². The second-order valence-electron chi connectivity index (χ2n) is 9.31. The molecule has 0 saturated heterocycles. The fraction of sp³-hybridized carbons (Fsp3) is 0.762. The molecule has 0 aliphatic heterocycles. The van der Waals surface area contributed by atoms with E-state index >= 15 is 0 Å². The van der Waals surface area contributed by atoms with E-state index in [1.54, 1.807) is 0 Å². The third kappa shape index (κ3) is 11.5. The molecule has 0 aliphatic carbocycles. The van der Waals surface area contributed by atoms with Crippen LogP contribution in [0.3, 0.4) is 0 Å². The Morgan fingerprint density at radius 3 is 1.35 bits per heavy atom. The minimum atomic E-state index is -1.69. The van der Waals surface area contributed by atoms with Crippen molar-refractivity contribution in [1.29, 1.82) is 0 Å². The molecule has 0 N–H and O–H groups in total. The van der Waals surface area contributed by atoms with E-state index in [0.717, 1.165) is 0 Å². The predicted molar refractivity (Wildman–Crippen MR) is 139 cm³/mol. The standard InChI is InChI=1S/C21H30Br4O9/c1-18(2,22)14(27)31-10-12(33-16(29)20(5,6)24)13(34-17(30)21(7,8)25)11(9-26)32-15(28)19(3,4)23/h9,11-13H,10H2,1-8H3/t11-,12-,13+/m1/s1. The molecule has 196 valence electrons. The average Bonchev–Trinajstić information content (AvgIpc) is 2.63. The summed E-state index contributed by atoms with van der Waals surface area (Å²) in [6, 6.07) is 0. The molecule has 0 aliphatic rings. The summed E-state index contributed by atoms with van der Waals surface area (Å²) in [4.78, 5) is 62.0. The van der Waals surface area contributed by atoms with Crippen LogP contribution in [-0.4, -0.2) is 72.4 Å². The molecule has 3 atom stereocenters. The minimum Gasteiger partial charge on any atom is -0.461 e. The summed E-state index contributed by atoms with van der Waals surface area (Å²) in [5, 5.41) is 0. The van der Waals surface area contributed by atoms with Gasteiger partial charge in [-0.3, -0.25) is 24.0 Å². The molecule has 0 saturated carbocycles. The van der Waals surface area contributed by atoms with Gasteiger partial charge in [-0.15, -0.1) is 0 Å². The molecule has 0 amide bonds. The monoisotopic (exact) mass is 742 g/mol. The normalized spacial score (nSPS) is 15.4. The smallest absolute Gasteiger partial charge is 0.323 e. The maximum Gasteiger partial charge on any atom is 0.323 e. The fourth-order valence-corrected chi connectivity index (χ4v) is 2.25. The lowest BCUT2D eigenvalue weighted by Gasteiger charge is -2.33. The molecule has 0 radical (unpaired) electrons. The van der Waals surface area contributed by atoms with Gasteiger partial charge in [0.05, 0.1) is 0 Å². The summed E-state index contributed by atoms with van der Waals surface area (Å²) >= 11 is 12.6. The van der Waals surface area contributed by atoms with Crippen molar-refractivity contribution < 1.29 is 42.9 Å². The molecule has 9 nitrogen and oxygen atoms in total. The molecule has 0 unspecified atom stereocenters. The quantitative estimate of drug-likeness (QED) is 0.126. The average molecular weight is 746 g/mol. The Kier molecular flexibility index (Phi) is 12.4. The van der Waals surface area contributed by atoms with Crippen LogP contribution in [0.1, 0.15) is 55.4 Å². The lowest BCUT2D eigenvalue weighted by Crippen LogP contribution is -2.52. The zero-order valence-corrected chi connectivity index (χ0v) is 26.5. The van der Waals surface area contributed by atoms with Crippen molar-refractivity contribution in [3.8, 4) is 0 Å². The van der Waals surface area contributed by atoms with Crippen LogP contribution in [0.15, 0.2) is 0 Å². The molecule has 0 rings (SSSR count). The highest BCUT2D eigenvalue weighted by molar-refractivity contribution is 9.10. The first-order chi connectivity index (χ1) is 15.0. The number of esters is 4. The highest BCUT2D eigenvalue weighted by atomic mass is 79.9. The van der Waals surface area contributed by atoms with Crippen LogP contribution >= 0.6 is 63.7 Å². The van der Waals surface area contributed by atoms with Gasteiger partial charge in [-0.2, -0.15) is 0 Å². The Morgan fingerprint density at radius 2 is 1.00 bits per heavy atom. The molecule has 0 aromatic carbocycles. The molecule has 0 spiro atoms. The van der Waals surface area contributed by atoms with Crippen molar-refractivity contribution in [1.82, 2.24) is 0 Å². The summed E-state index contributed by atoms with van der Waals surface area (Å²) in [7, 11) is 0. The van der Waals surface area contributed by atoms with Crippen LogP contribution in [-0.2, 0) is 42.9 Å². The Hall–Kier alpha value is -0.530. The van der Waals surface area contributed by atoms with Crippen molar-refractivity contribution in [2.75, 3.05) is 6.61 Å². The molecule has 13 heteroatoms. The number of hydrogen-bond acceptors (Lipinski definition) is 9. The lowest BCUT2D eigenvalue weighted by atomic mass is 10.1. The van der Waals surface area contributed by atoms with Crippen molar-refractivity contribution in [2.45, 2.75) is 91.0 Å². The lowest BCUT2D eigenvalue weighted by molar-refractivity contribution is -0.192. The SMILES string of the molecule is CC(C)(Br)C(=O)OC[C@@H](OC(=O)C(C)(C)Br)[C@@H](OC(=O)C(C)(C)Br)[C@@H](C=O)OC(=O)C(C)(C)Br. The summed E-state index contributed by atoms with van der Waals surface area (Å²) in [6.07, 6.45) is -4.57. The van der Waals surface area contributed by atoms with Crippen molar-refractivity contribution in [3.63, 3.8) is 0 Å². The van der Waals surface area contributed by atoms with Crippen LogP contribution < -0.4 is 0 Å². The van der Waals surface area contributed by atoms with Gasteiger partial charge < -0.3 is 18.9 Å². The van der Waals surface area contributed by atoms with E-state index in [1.165, 1.54) is 55.4 Å². The highest BCUT2D eigenvalue weighted by Crippen LogP contribution is 2.27. The largest absolute Gasteiger partial charge is 0.461 e. The van der Waals surface area contributed by atoms with Gasteiger partial charge in [0.25, 0.3) is 0 Å². The molecule has 0 aromatic heterocycles. The van der Waals surface area contributed by atoms with Crippen LogP contribution in [0.5, 0.6) is 0 Å². The van der Waals surface area contributed by atoms with Gasteiger partial charge in [0.2, 0.25) is 0 Å². The molecule has 0 bridgehead atoms. The first kappa shape index (κ1) is 33.5. The number of halogens is 4. The fourth-order valence-electron chi connectivity index (χ4n) is 1.86. The van der Waals surface area contributed by atoms with E-state index in [0.29, 0.717) is 0 Å². The van der Waals surface area contributed by atoms with Crippen LogP contribution in [0.25, 0.3) is 0 Å². The summed E-state index contributed by atoms with van der Waals surface area (Å²) in [5.74, 6) is -3.19. The molecule has 34 heavy (non-hydrogen) atoms. The van der Waals surface area contributed by atoms with Gasteiger partial charge in [0, 0.05) is 0 Å². The maximum atomic E-state index is 12.7. The van der Waals surface area contributed by atoms with E-state index in [4.69, 9.17) is 18.9 Å². The summed E-state index contributed by atoms with van der Waals surface area (Å²) in [5.41, 5.74) is 0. The number of alkyl halides is 4. The van der Waals surface area contributed by atoms with E-state index in [2.05, 4.69) is 63.7 Å². The highest BCUT2D eigenvalue weighted by Gasteiger charge is 2.44. The van der Waals surface area contributed by atoms with Gasteiger partial charge in [-0.25, -0.2) is 0 Å². The summed E-state index contributed by atoms with van der Waals surface area (Å²) in [6.45, 7) is 11.5. The van der Waals surface area contributed by atoms with Gasteiger partial charge in [0.15, 0.2) is 24.6 Å². The molecule has 0 heterocycles. The molecular formula is C21H30Br4O9. The number of hydrogen-bond donors (Lipinski definition) is 0. The maximum absolute atomic E-state index is 12.7. The van der Waals surface area contributed by atoms with Crippen molar-refractivity contribution >= 4 is 93.9 Å². The molecule has 0 fully saturated rings. The van der Waals surface area contributed by atoms with E-state index in [-0.39, 0.29) is 6.29 Å². The van der Waals surface area contributed by atoms with E-state index in [1.807, 2.05) is 0 Å². The van der Waals surface area contributed by atoms with E-state index < -0.39 is 66.1 Å². The molecule has 0 aromatic rings. The number of rotatable bonds is 12. The molecular weight excluding hydrogens is 716 g/mol. The van der Waals surface area contributed by atoms with Crippen molar-refractivity contribution in [3.05, 3.63) is 0 Å². The van der Waals surface area contributed by atoms with E-state index in [9.17, 15) is 24.0 Å². The first-order valence-corrected chi connectivity index (χ1v) is 13.2. The zero-order chi connectivity index (χ0) is 27.3. The topological polar surface area (TPSA) is 122 Å². The minimum absolute atomic E-state index is 0.242. The Labute approximate surface area is 233 Å². The van der Waals surface area contributed by atoms with Gasteiger partial charge in [-0.05, 0) is 55.4 Å². The second kappa shape index (κ2) is 12.6. The predicted octanol–water partition coefficient (Wildman–Crippen LogP) is 4.16. The third-order valence-electron chi connectivity index (χ3n) is 3.89. The third-order valence-corrected chi connectivity index (χ3v) is 5.18. The van der Waals surface area contributed by atoms with Crippen LogP contribution in [0.2, 0.25) is 0 Å². The second-order valence-corrected chi connectivity index (χ2v) is 17.2. The Morgan fingerprint density at radius 1 is 0.647 bits per heavy atom. The summed E-state index contributed by atoms with van der Waals surface area (Å²) < 4.78 is 16.8. The number of aldehydes is 1. The Bertz CT molecular complexity index is 771. The van der Waals surface area contributed by atoms with Crippen LogP contribution in [0.4, 0.5) is 0 Å². The first-order valence-electron chi connectivity index (χ1n) is 10.0. The van der Waals surface area contributed by atoms with Gasteiger partial charge >= 0.3 is 23.9 Å². The van der Waals surface area contributed by atoms with Crippen molar-refractivity contribution in [2.24, 2.45) is 0 Å². The number of carbonyl (C=O) groups excluding carboxylic acids is 5. The number of ether oxygens (including phenoxy) is 4. The zero-order valence-electron chi connectivity index (χ0n) is 20.2. The number of carbonyl (C=O) groups is 5. The van der Waals surface area contributed by atoms with Gasteiger partial charge in [-0.1, -0.05) is 63.7 Å².